The molecule has 64 valence electrons. The summed E-state index contributed by atoms with van der Waals surface area (Å²) in [5.74, 6) is 0.912. The quantitative estimate of drug-likeness (QED) is 0.721. The Labute approximate surface area is 81.2 Å². The van der Waals surface area contributed by atoms with Gasteiger partial charge in [0.05, 0.1) is 7.11 Å². The summed E-state index contributed by atoms with van der Waals surface area (Å²) in [5, 5.41) is 0.866. The van der Waals surface area contributed by atoms with Gasteiger partial charge >= 0.3 is 0 Å². The Morgan fingerprint density at radius 1 is 1.42 bits per heavy atom. The van der Waals surface area contributed by atoms with Gasteiger partial charge in [-0.2, -0.15) is 0 Å². The first-order valence-corrected chi connectivity index (χ1v) is 4.86. The number of halogens is 1. The second kappa shape index (κ2) is 4.99. The molecule has 0 aromatic heterocycles. The van der Waals surface area contributed by atoms with Crippen LogP contribution in [-0.4, -0.2) is 12.4 Å². The van der Waals surface area contributed by atoms with E-state index in [-0.39, 0.29) is 0 Å². The van der Waals surface area contributed by atoms with Crippen LogP contribution in [0.15, 0.2) is 30.3 Å². The molecule has 0 atom stereocenters. The Morgan fingerprint density at radius 2 is 2.17 bits per heavy atom. The van der Waals surface area contributed by atoms with E-state index in [1.165, 1.54) is 0 Å². The van der Waals surface area contributed by atoms with E-state index in [0.29, 0.717) is 0 Å². The lowest BCUT2D eigenvalue weighted by atomic mass is 10.2. The third-order valence-corrected chi connectivity index (χ3v) is 1.90. The van der Waals surface area contributed by atoms with Crippen molar-refractivity contribution in [3.05, 3.63) is 35.9 Å². The van der Waals surface area contributed by atoms with E-state index < -0.39 is 0 Å². The highest BCUT2D eigenvalue weighted by molar-refractivity contribution is 9.09. The monoisotopic (exact) mass is 226 g/mol. The van der Waals surface area contributed by atoms with E-state index in [9.17, 15) is 0 Å². The third kappa shape index (κ3) is 2.38. The molecule has 1 aromatic carbocycles. The maximum absolute atomic E-state index is 5.18. The minimum absolute atomic E-state index is 0.866. The van der Waals surface area contributed by atoms with Crippen LogP contribution >= 0.6 is 15.9 Å². The second-order valence-corrected chi connectivity index (χ2v) is 2.95. The third-order valence-electron chi connectivity index (χ3n) is 1.53. The minimum Gasteiger partial charge on any atom is -0.496 e. The number of rotatable bonds is 3. The van der Waals surface area contributed by atoms with Crippen molar-refractivity contribution < 1.29 is 4.74 Å². The summed E-state index contributed by atoms with van der Waals surface area (Å²) in [4.78, 5) is 0. The molecule has 0 heterocycles. The van der Waals surface area contributed by atoms with Crippen LogP contribution in [0.25, 0.3) is 6.08 Å². The number of allylic oxidation sites excluding steroid dienone is 1. The van der Waals surface area contributed by atoms with Crippen LogP contribution in [0.5, 0.6) is 5.75 Å². The zero-order valence-electron chi connectivity index (χ0n) is 6.96. The van der Waals surface area contributed by atoms with Gasteiger partial charge in [0.1, 0.15) is 5.75 Å². The Morgan fingerprint density at radius 3 is 2.83 bits per heavy atom. The Kier molecular flexibility index (Phi) is 3.88. The highest BCUT2D eigenvalue weighted by Gasteiger charge is 1.94. The summed E-state index contributed by atoms with van der Waals surface area (Å²) < 4.78 is 5.18. The molecule has 1 aromatic rings. The first-order chi connectivity index (χ1) is 5.88. The number of ether oxygens (including phenoxy) is 1. The van der Waals surface area contributed by atoms with Gasteiger partial charge in [-0.05, 0) is 6.07 Å². The molecule has 0 fully saturated rings. The van der Waals surface area contributed by atoms with Crippen LogP contribution in [0, 0.1) is 0 Å². The fourth-order valence-electron chi connectivity index (χ4n) is 0.976. The van der Waals surface area contributed by atoms with Crippen molar-refractivity contribution in [2.45, 2.75) is 0 Å². The first-order valence-electron chi connectivity index (χ1n) is 3.74. The molecule has 2 heteroatoms. The van der Waals surface area contributed by atoms with Gasteiger partial charge < -0.3 is 4.74 Å². The Bertz CT molecular complexity index is 268. The van der Waals surface area contributed by atoms with Crippen molar-refractivity contribution in [1.82, 2.24) is 0 Å². The van der Waals surface area contributed by atoms with Gasteiger partial charge in [-0.3, -0.25) is 0 Å². The normalized spacial score (nSPS) is 10.5. The lowest BCUT2D eigenvalue weighted by Gasteiger charge is -2.02. The van der Waals surface area contributed by atoms with E-state index in [2.05, 4.69) is 15.9 Å². The molecule has 0 N–H and O–H groups in total. The maximum Gasteiger partial charge on any atom is 0.126 e. The van der Waals surface area contributed by atoms with Crippen LogP contribution in [0.2, 0.25) is 0 Å². The molecule has 12 heavy (non-hydrogen) atoms. The maximum atomic E-state index is 5.18. The lowest BCUT2D eigenvalue weighted by Crippen LogP contribution is -1.85. The van der Waals surface area contributed by atoms with Crippen molar-refractivity contribution in [2.24, 2.45) is 0 Å². The molecule has 0 aliphatic carbocycles. The molecule has 0 saturated carbocycles. The number of methoxy groups -OCH3 is 1. The van der Waals surface area contributed by atoms with E-state index in [1.54, 1.807) is 7.11 Å². The van der Waals surface area contributed by atoms with Crippen LogP contribution < -0.4 is 4.74 Å². The first kappa shape index (κ1) is 9.33. The van der Waals surface area contributed by atoms with Gasteiger partial charge in [0.15, 0.2) is 0 Å². The fourth-order valence-corrected chi connectivity index (χ4v) is 1.16. The average Bonchev–Trinajstić information content (AvgIpc) is 2.15. The van der Waals surface area contributed by atoms with Crippen LogP contribution in [0.3, 0.4) is 0 Å². The number of hydrogen-bond acceptors (Lipinski definition) is 1. The van der Waals surface area contributed by atoms with Crippen molar-refractivity contribution >= 4 is 22.0 Å². The van der Waals surface area contributed by atoms with Crippen LogP contribution in [0.4, 0.5) is 0 Å². The molecule has 1 nitrogen and oxygen atoms in total. The summed E-state index contributed by atoms with van der Waals surface area (Å²) >= 11 is 3.33. The molecule has 0 bridgehead atoms. The topological polar surface area (TPSA) is 9.23 Å². The Hall–Kier alpha value is -0.760. The van der Waals surface area contributed by atoms with Gasteiger partial charge in [0, 0.05) is 10.9 Å². The largest absolute Gasteiger partial charge is 0.496 e. The van der Waals surface area contributed by atoms with E-state index in [1.807, 2.05) is 36.4 Å². The molecule has 0 spiro atoms. The van der Waals surface area contributed by atoms with Gasteiger partial charge in [0.25, 0.3) is 0 Å². The van der Waals surface area contributed by atoms with Gasteiger partial charge in [-0.1, -0.05) is 46.3 Å². The smallest absolute Gasteiger partial charge is 0.126 e. The second-order valence-electron chi connectivity index (χ2n) is 2.30. The molecule has 0 radical (unpaired) electrons. The fraction of sp³-hybridized carbons (Fsp3) is 0.200. The molecule has 0 unspecified atom stereocenters. The number of benzene rings is 1. The van der Waals surface area contributed by atoms with Crippen molar-refractivity contribution in [2.75, 3.05) is 12.4 Å². The van der Waals surface area contributed by atoms with E-state index in [0.717, 1.165) is 16.6 Å². The Balaban J connectivity index is 2.89. The highest BCUT2D eigenvalue weighted by atomic mass is 79.9. The minimum atomic E-state index is 0.866. The van der Waals surface area contributed by atoms with Gasteiger partial charge in [-0.25, -0.2) is 0 Å². The standard InChI is InChI=1S/C10H11BrO/c1-12-10-7-3-2-5-9(10)6-4-8-11/h2-7H,8H2,1H3/b6-4+. The number of para-hydroxylation sites is 1. The predicted molar refractivity (Wildman–Crippen MR) is 55.8 cm³/mol. The van der Waals surface area contributed by atoms with Crippen molar-refractivity contribution in [3.8, 4) is 5.75 Å². The number of hydrogen-bond donors (Lipinski definition) is 0. The predicted octanol–water partition coefficient (Wildman–Crippen LogP) is 3.10. The van der Waals surface area contributed by atoms with Crippen molar-refractivity contribution in [3.63, 3.8) is 0 Å². The van der Waals surface area contributed by atoms with E-state index in [4.69, 9.17) is 4.74 Å². The molecule has 0 aliphatic heterocycles. The molecular weight excluding hydrogens is 216 g/mol. The molecule has 0 amide bonds. The summed E-state index contributed by atoms with van der Waals surface area (Å²) in [7, 11) is 1.68. The summed E-state index contributed by atoms with van der Waals surface area (Å²) in [6.07, 6.45) is 4.07. The molecule has 1 rings (SSSR count). The van der Waals surface area contributed by atoms with E-state index >= 15 is 0 Å². The average molecular weight is 227 g/mol. The molecule has 0 saturated heterocycles. The van der Waals surface area contributed by atoms with Crippen LogP contribution in [-0.2, 0) is 0 Å². The van der Waals surface area contributed by atoms with Gasteiger partial charge in [-0.15, -0.1) is 0 Å². The SMILES string of the molecule is COc1ccccc1/C=C/CBr. The summed E-state index contributed by atoms with van der Waals surface area (Å²) in [6.45, 7) is 0. The van der Waals surface area contributed by atoms with Crippen LogP contribution in [0.1, 0.15) is 5.56 Å². The zero-order valence-corrected chi connectivity index (χ0v) is 8.54. The van der Waals surface area contributed by atoms with Gasteiger partial charge in [0.2, 0.25) is 0 Å². The summed E-state index contributed by atoms with van der Waals surface area (Å²) in [6, 6.07) is 7.94. The highest BCUT2D eigenvalue weighted by Crippen LogP contribution is 2.18. The lowest BCUT2D eigenvalue weighted by molar-refractivity contribution is 0.414. The molecular formula is C10H11BrO. The zero-order chi connectivity index (χ0) is 8.81. The molecule has 0 aliphatic rings. The van der Waals surface area contributed by atoms with Crippen molar-refractivity contribution in [1.29, 1.82) is 0 Å². The number of alkyl halides is 1. The summed E-state index contributed by atoms with van der Waals surface area (Å²) in [5.41, 5.74) is 1.11.